The van der Waals surface area contributed by atoms with Crippen molar-refractivity contribution in [2.75, 3.05) is 11.9 Å². The summed E-state index contributed by atoms with van der Waals surface area (Å²) in [4.78, 5) is 24.4. The summed E-state index contributed by atoms with van der Waals surface area (Å²) in [6.07, 6.45) is 10.1. The standard InChI is InChI=1S/C23H34N2O4S/c26-22(14-15-24-23(27)19-9-3-1-4-10-19)25-20-11-7-8-18(16-20)17-30(28,29)21-12-5-2-6-13-21/h7-8,11,16,19,21H,1-6,9-10,12-15,17H2,(H,24,27)(H,25,26). The number of hydrogen-bond donors (Lipinski definition) is 2. The summed E-state index contributed by atoms with van der Waals surface area (Å²) in [5.74, 6) is -0.0352. The number of anilines is 1. The highest BCUT2D eigenvalue weighted by Crippen LogP contribution is 2.27. The molecule has 30 heavy (non-hydrogen) atoms. The van der Waals surface area contributed by atoms with E-state index in [1.807, 2.05) is 0 Å². The Hall–Kier alpha value is -1.89. The van der Waals surface area contributed by atoms with Crippen molar-refractivity contribution >= 4 is 27.3 Å². The van der Waals surface area contributed by atoms with Gasteiger partial charge in [-0.25, -0.2) is 8.42 Å². The van der Waals surface area contributed by atoms with Crippen molar-refractivity contribution in [3.63, 3.8) is 0 Å². The van der Waals surface area contributed by atoms with E-state index in [-0.39, 0.29) is 35.2 Å². The van der Waals surface area contributed by atoms with Gasteiger partial charge in [-0.15, -0.1) is 0 Å². The van der Waals surface area contributed by atoms with Crippen molar-refractivity contribution in [1.82, 2.24) is 5.32 Å². The molecule has 0 unspecified atom stereocenters. The molecule has 2 aliphatic carbocycles. The third-order valence-corrected chi connectivity index (χ3v) is 8.49. The smallest absolute Gasteiger partial charge is 0.226 e. The lowest BCUT2D eigenvalue weighted by Gasteiger charge is -2.21. The Balaban J connectivity index is 1.46. The molecule has 2 saturated carbocycles. The molecule has 0 aromatic heterocycles. The first-order valence-electron chi connectivity index (χ1n) is 11.3. The Morgan fingerprint density at radius 3 is 2.30 bits per heavy atom. The van der Waals surface area contributed by atoms with Gasteiger partial charge in [0, 0.05) is 24.6 Å². The molecule has 2 aliphatic rings. The van der Waals surface area contributed by atoms with Gasteiger partial charge >= 0.3 is 0 Å². The van der Waals surface area contributed by atoms with Gasteiger partial charge < -0.3 is 10.6 Å². The molecular formula is C23H34N2O4S. The predicted molar refractivity (Wildman–Crippen MR) is 119 cm³/mol. The normalized spacial score (nSPS) is 18.7. The minimum Gasteiger partial charge on any atom is -0.355 e. The van der Waals surface area contributed by atoms with Crippen LogP contribution in [0.15, 0.2) is 24.3 Å². The van der Waals surface area contributed by atoms with E-state index in [9.17, 15) is 18.0 Å². The van der Waals surface area contributed by atoms with E-state index in [2.05, 4.69) is 10.6 Å². The average molecular weight is 435 g/mol. The summed E-state index contributed by atoms with van der Waals surface area (Å²) in [5, 5.41) is 5.45. The molecule has 0 radical (unpaired) electrons. The minimum atomic E-state index is -3.18. The molecular weight excluding hydrogens is 400 g/mol. The Kier molecular flexibility index (Phi) is 8.31. The first-order chi connectivity index (χ1) is 14.4. The van der Waals surface area contributed by atoms with Crippen molar-refractivity contribution < 1.29 is 18.0 Å². The molecule has 1 aromatic carbocycles. The van der Waals surface area contributed by atoms with Crippen molar-refractivity contribution in [3.8, 4) is 0 Å². The third kappa shape index (κ3) is 6.83. The number of sulfone groups is 1. The monoisotopic (exact) mass is 434 g/mol. The second-order valence-electron chi connectivity index (χ2n) is 8.69. The fourth-order valence-electron chi connectivity index (χ4n) is 4.55. The van der Waals surface area contributed by atoms with Crippen LogP contribution in [0.5, 0.6) is 0 Å². The number of benzene rings is 1. The maximum Gasteiger partial charge on any atom is 0.226 e. The van der Waals surface area contributed by atoms with Crippen LogP contribution in [0.4, 0.5) is 5.69 Å². The third-order valence-electron chi connectivity index (χ3n) is 6.27. The zero-order chi connectivity index (χ0) is 21.4. The van der Waals surface area contributed by atoms with Gasteiger partial charge in [0.15, 0.2) is 9.84 Å². The van der Waals surface area contributed by atoms with Gasteiger partial charge in [0.1, 0.15) is 0 Å². The minimum absolute atomic E-state index is 0.0127. The molecule has 166 valence electrons. The van der Waals surface area contributed by atoms with Gasteiger partial charge in [-0.3, -0.25) is 9.59 Å². The summed E-state index contributed by atoms with van der Waals surface area (Å²) >= 11 is 0. The number of hydrogen-bond acceptors (Lipinski definition) is 4. The summed E-state index contributed by atoms with van der Waals surface area (Å²) in [7, 11) is -3.18. The zero-order valence-electron chi connectivity index (χ0n) is 17.7. The van der Waals surface area contributed by atoms with E-state index in [1.54, 1.807) is 24.3 Å². The Morgan fingerprint density at radius 2 is 1.60 bits per heavy atom. The van der Waals surface area contributed by atoms with Crippen LogP contribution in [-0.2, 0) is 25.2 Å². The summed E-state index contributed by atoms with van der Waals surface area (Å²) in [6, 6.07) is 7.06. The number of nitrogens with one attached hydrogen (secondary N) is 2. The second kappa shape index (κ2) is 10.9. The van der Waals surface area contributed by atoms with Crippen LogP contribution >= 0.6 is 0 Å². The first-order valence-corrected chi connectivity index (χ1v) is 13.0. The van der Waals surface area contributed by atoms with Crippen molar-refractivity contribution in [2.45, 2.75) is 81.6 Å². The average Bonchev–Trinajstić information content (AvgIpc) is 2.75. The molecule has 3 rings (SSSR count). The van der Waals surface area contributed by atoms with E-state index in [0.717, 1.165) is 57.8 Å². The van der Waals surface area contributed by atoms with Gasteiger partial charge in [-0.1, -0.05) is 50.7 Å². The van der Waals surface area contributed by atoms with Crippen LogP contribution in [0.25, 0.3) is 0 Å². The van der Waals surface area contributed by atoms with Crippen LogP contribution in [-0.4, -0.2) is 32.0 Å². The highest BCUT2D eigenvalue weighted by atomic mass is 32.2. The molecule has 0 spiro atoms. The predicted octanol–water partition coefficient (Wildman–Crippen LogP) is 3.96. The van der Waals surface area contributed by atoms with Crippen molar-refractivity contribution in [3.05, 3.63) is 29.8 Å². The molecule has 7 heteroatoms. The molecule has 2 amide bonds. The Labute approximate surface area is 180 Å². The largest absolute Gasteiger partial charge is 0.355 e. The van der Waals surface area contributed by atoms with E-state index < -0.39 is 9.84 Å². The zero-order valence-corrected chi connectivity index (χ0v) is 18.5. The highest BCUT2D eigenvalue weighted by molar-refractivity contribution is 7.91. The maximum atomic E-state index is 12.7. The van der Waals surface area contributed by atoms with Crippen LogP contribution in [0.2, 0.25) is 0 Å². The lowest BCUT2D eigenvalue weighted by Crippen LogP contribution is -2.34. The van der Waals surface area contributed by atoms with E-state index in [4.69, 9.17) is 0 Å². The number of rotatable bonds is 8. The van der Waals surface area contributed by atoms with Crippen molar-refractivity contribution in [1.29, 1.82) is 0 Å². The molecule has 0 heterocycles. The molecule has 6 nitrogen and oxygen atoms in total. The van der Waals surface area contributed by atoms with Crippen LogP contribution in [0.3, 0.4) is 0 Å². The van der Waals surface area contributed by atoms with Crippen molar-refractivity contribution in [2.24, 2.45) is 5.92 Å². The van der Waals surface area contributed by atoms with Crippen LogP contribution < -0.4 is 10.6 Å². The molecule has 0 aliphatic heterocycles. The molecule has 0 atom stereocenters. The van der Waals surface area contributed by atoms with E-state index >= 15 is 0 Å². The summed E-state index contributed by atoms with van der Waals surface area (Å²) in [5.41, 5.74) is 1.29. The summed E-state index contributed by atoms with van der Waals surface area (Å²) < 4.78 is 25.4. The SMILES string of the molecule is O=C(CCNC(=O)C1CCCCC1)Nc1cccc(CS(=O)(=O)C2CCCCC2)c1. The molecule has 1 aromatic rings. The van der Waals surface area contributed by atoms with Crippen LogP contribution in [0, 0.1) is 5.92 Å². The molecule has 0 saturated heterocycles. The van der Waals surface area contributed by atoms with Gasteiger partial charge in [-0.2, -0.15) is 0 Å². The Morgan fingerprint density at radius 1 is 0.933 bits per heavy atom. The van der Waals surface area contributed by atoms with Gasteiger partial charge in [-0.05, 0) is 43.4 Å². The van der Waals surface area contributed by atoms with Crippen LogP contribution in [0.1, 0.15) is 76.2 Å². The molecule has 2 fully saturated rings. The van der Waals surface area contributed by atoms with Gasteiger partial charge in [0.25, 0.3) is 0 Å². The van der Waals surface area contributed by atoms with Gasteiger partial charge in [0.2, 0.25) is 11.8 Å². The van der Waals surface area contributed by atoms with Gasteiger partial charge in [0.05, 0.1) is 11.0 Å². The summed E-state index contributed by atoms with van der Waals surface area (Å²) in [6.45, 7) is 0.316. The lowest BCUT2D eigenvalue weighted by atomic mass is 9.89. The van der Waals surface area contributed by atoms with E-state index in [1.165, 1.54) is 6.42 Å². The maximum absolute atomic E-state index is 12.7. The number of carbonyl (C=O) groups is 2. The van der Waals surface area contributed by atoms with E-state index in [0.29, 0.717) is 17.8 Å². The quantitative estimate of drug-likeness (QED) is 0.648. The highest BCUT2D eigenvalue weighted by Gasteiger charge is 2.27. The second-order valence-corrected chi connectivity index (χ2v) is 11.0. The Bertz CT molecular complexity index is 825. The first kappa shape index (κ1) is 22.8. The molecule has 0 bridgehead atoms. The number of carbonyl (C=O) groups excluding carboxylic acids is 2. The number of amides is 2. The lowest BCUT2D eigenvalue weighted by molar-refractivity contribution is -0.126. The molecule has 2 N–H and O–H groups in total. The fourth-order valence-corrected chi connectivity index (χ4v) is 6.48. The fraction of sp³-hybridized carbons (Fsp3) is 0.652. The topological polar surface area (TPSA) is 92.3 Å².